The highest BCUT2D eigenvalue weighted by Gasteiger charge is 2.03. The fourth-order valence-electron chi connectivity index (χ4n) is 1.45. The smallest absolute Gasteiger partial charge is 0.227 e. The largest absolute Gasteiger partial charge is 0.356 e. The van der Waals surface area contributed by atoms with Crippen LogP contribution in [0.25, 0.3) is 0 Å². The molecule has 0 aliphatic rings. The molecule has 0 saturated carbocycles. The van der Waals surface area contributed by atoms with Crippen molar-refractivity contribution < 1.29 is 9.59 Å². The van der Waals surface area contributed by atoms with Gasteiger partial charge in [0.25, 0.3) is 0 Å². The van der Waals surface area contributed by atoms with Gasteiger partial charge in [-0.2, -0.15) is 0 Å². The Bertz CT molecular complexity index is 346. The highest BCUT2D eigenvalue weighted by Crippen LogP contribution is 2.01. The van der Waals surface area contributed by atoms with Gasteiger partial charge >= 0.3 is 0 Å². The molecule has 1 rings (SSSR count). The lowest BCUT2D eigenvalue weighted by Gasteiger charge is -2.03. The van der Waals surface area contributed by atoms with E-state index in [1.807, 2.05) is 18.2 Å². The van der Waals surface area contributed by atoms with E-state index in [-0.39, 0.29) is 18.1 Å². The molecule has 0 bridgehead atoms. The summed E-state index contributed by atoms with van der Waals surface area (Å²) in [5.41, 5.74) is 1.27. The van der Waals surface area contributed by atoms with Gasteiger partial charge in [-0.3, -0.25) is 9.59 Å². The zero-order valence-electron chi connectivity index (χ0n) is 9.53. The molecule has 0 heterocycles. The van der Waals surface area contributed by atoms with E-state index < -0.39 is 0 Å². The summed E-state index contributed by atoms with van der Waals surface area (Å²) < 4.78 is 0. The maximum absolute atomic E-state index is 11.1. The summed E-state index contributed by atoms with van der Waals surface area (Å²) in [6.45, 7) is 2.05. The third-order valence-electron chi connectivity index (χ3n) is 2.22. The predicted octanol–water partition coefficient (Wildman–Crippen LogP) is 1.71. The van der Waals surface area contributed by atoms with Gasteiger partial charge in [0, 0.05) is 6.54 Å². The molecule has 0 radical (unpaired) electrons. The van der Waals surface area contributed by atoms with Crippen molar-refractivity contribution in [1.29, 1.82) is 0 Å². The van der Waals surface area contributed by atoms with Crippen molar-refractivity contribution >= 4 is 11.7 Å². The Balaban J connectivity index is 2.13. The normalized spacial score (nSPS) is 9.81. The molecule has 3 nitrogen and oxygen atoms in total. The van der Waals surface area contributed by atoms with Gasteiger partial charge in [0.1, 0.15) is 5.78 Å². The highest BCUT2D eigenvalue weighted by molar-refractivity contribution is 5.96. The summed E-state index contributed by atoms with van der Waals surface area (Å²) in [6, 6.07) is 10.1. The first-order chi connectivity index (χ1) is 7.68. The Morgan fingerprint density at radius 2 is 1.88 bits per heavy atom. The lowest BCUT2D eigenvalue weighted by molar-refractivity contribution is -0.127. The Labute approximate surface area is 95.9 Å². The molecule has 0 aromatic heterocycles. The summed E-state index contributed by atoms with van der Waals surface area (Å²) in [6.07, 6.45) is 1.83. The Morgan fingerprint density at radius 3 is 2.50 bits per heavy atom. The Morgan fingerprint density at radius 1 is 1.19 bits per heavy atom. The standard InChI is InChI=1S/C13H17NO2/c1-11(15)10-13(16)14-9-5-8-12-6-3-2-4-7-12/h2-4,6-7H,5,8-10H2,1H3,(H,14,16). The number of nitrogens with one attached hydrogen (secondary N) is 1. The lowest BCUT2D eigenvalue weighted by Crippen LogP contribution is -2.26. The summed E-state index contributed by atoms with van der Waals surface area (Å²) in [7, 11) is 0. The maximum Gasteiger partial charge on any atom is 0.227 e. The SMILES string of the molecule is CC(=O)CC(=O)NCCCc1ccccc1. The molecule has 0 saturated heterocycles. The molecular weight excluding hydrogens is 202 g/mol. The first-order valence-electron chi connectivity index (χ1n) is 5.48. The van der Waals surface area contributed by atoms with Crippen molar-refractivity contribution in [2.75, 3.05) is 6.54 Å². The molecule has 0 fully saturated rings. The van der Waals surface area contributed by atoms with Gasteiger partial charge in [-0.05, 0) is 25.3 Å². The van der Waals surface area contributed by atoms with Gasteiger partial charge in [-0.15, -0.1) is 0 Å². The molecule has 0 unspecified atom stereocenters. The van der Waals surface area contributed by atoms with Crippen molar-refractivity contribution in [2.24, 2.45) is 0 Å². The van der Waals surface area contributed by atoms with E-state index in [9.17, 15) is 9.59 Å². The molecule has 1 aromatic carbocycles. The maximum atomic E-state index is 11.1. The number of hydrogen-bond acceptors (Lipinski definition) is 2. The minimum atomic E-state index is -0.180. The molecule has 1 amide bonds. The zero-order valence-corrected chi connectivity index (χ0v) is 9.53. The second kappa shape index (κ2) is 6.77. The molecule has 0 atom stereocenters. The number of rotatable bonds is 6. The second-order valence-electron chi connectivity index (χ2n) is 3.82. The van der Waals surface area contributed by atoms with Crippen LogP contribution in [0.4, 0.5) is 0 Å². The molecule has 0 aliphatic heterocycles. The first kappa shape index (κ1) is 12.4. The van der Waals surface area contributed by atoms with E-state index in [2.05, 4.69) is 17.4 Å². The highest BCUT2D eigenvalue weighted by atomic mass is 16.2. The van der Waals surface area contributed by atoms with Crippen LogP contribution >= 0.6 is 0 Å². The van der Waals surface area contributed by atoms with Crippen LogP contribution in [0, 0.1) is 0 Å². The second-order valence-corrected chi connectivity index (χ2v) is 3.82. The quantitative estimate of drug-likeness (QED) is 0.585. The van der Waals surface area contributed by atoms with Crippen LogP contribution in [-0.4, -0.2) is 18.2 Å². The molecule has 0 aliphatic carbocycles. The van der Waals surface area contributed by atoms with Crippen LogP contribution < -0.4 is 5.32 Å². The molecule has 0 spiro atoms. The van der Waals surface area contributed by atoms with E-state index in [0.717, 1.165) is 12.8 Å². The monoisotopic (exact) mass is 219 g/mol. The fourth-order valence-corrected chi connectivity index (χ4v) is 1.45. The van der Waals surface area contributed by atoms with E-state index in [1.54, 1.807) is 0 Å². The van der Waals surface area contributed by atoms with E-state index in [1.165, 1.54) is 12.5 Å². The minimum Gasteiger partial charge on any atom is -0.356 e. The molecule has 1 aromatic rings. The number of Topliss-reactive ketones (excluding diaryl/α,β-unsaturated/α-hetero) is 1. The Kier molecular flexibility index (Phi) is 5.26. The van der Waals surface area contributed by atoms with Gasteiger partial charge in [0.15, 0.2) is 0 Å². The third kappa shape index (κ3) is 5.29. The van der Waals surface area contributed by atoms with Crippen LogP contribution in [0.3, 0.4) is 0 Å². The van der Waals surface area contributed by atoms with Gasteiger partial charge in [-0.25, -0.2) is 0 Å². The average molecular weight is 219 g/mol. The van der Waals surface area contributed by atoms with Crippen molar-refractivity contribution in [3.05, 3.63) is 35.9 Å². The van der Waals surface area contributed by atoms with Crippen molar-refractivity contribution in [1.82, 2.24) is 5.32 Å². The van der Waals surface area contributed by atoms with Gasteiger partial charge < -0.3 is 5.32 Å². The number of aryl methyl sites for hydroxylation is 1. The van der Waals surface area contributed by atoms with E-state index >= 15 is 0 Å². The summed E-state index contributed by atoms with van der Waals surface area (Å²) in [5.74, 6) is -0.277. The lowest BCUT2D eigenvalue weighted by atomic mass is 10.1. The fraction of sp³-hybridized carbons (Fsp3) is 0.385. The number of carbonyl (C=O) groups excluding carboxylic acids is 2. The third-order valence-corrected chi connectivity index (χ3v) is 2.22. The Hall–Kier alpha value is -1.64. The molecule has 86 valence electrons. The number of carbonyl (C=O) groups is 2. The molecule has 1 N–H and O–H groups in total. The van der Waals surface area contributed by atoms with Crippen LogP contribution in [-0.2, 0) is 16.0 Å². The number of amides is 1. The van der Waals surface area contributed by atoms with Crippen LogP contribution in [0.15, 0.2) is 30.3 Å². The van der Waals surface area contributed by atoms with E-state index in [4.69, 9.17) is 0 Å². The van der Waals surface area contributed by atoms with Gasteiger partial charge in [-0.1, -0.05) is 30.3 Å². The topological polar surface area (TPSA) is 46.2 Å². The average Bonchev–Trinajstić information content (AvgIpc) is 2.25. The van der Waals surface area contributed by atoms with Crippen molar-refractivity contribution in [3.63, 3.8) is 0 Å². The van der Waals surface area contributed by atoms with Crippen molar-refractivity contribution in [2.45, 2.75) is 26.2 Å². The summed E-state index contributed by atoms with van der Waals surface area (Å²) in [4.78, 5) is 21.8. The summed E-state index contributed by atoms with van der Waals surface area (Å²) >= 11 is 0. The minimum absolute atomic E-state index is 0.00859. The van der Waals surface area contributed by atoms with Crippen molar-refractivity contribution in [3.8, 4) is 0 Å². The number of ketones is 1. The molecule has 16 heavy (non-hydrogen) atoms. The first-order valence-corrected chi connectivity index (χ1v) is 5.48. The van der Waals surface area contributed by atoms with Crippen LogP contribution in [0.1, 0.15) is 25.3 Å². The molecule has 3 heteroatoms. The van der Waals surface area contributed by atoms with Crippen LogP contribution in [0.5, 0.6) is 0 Å². The predicted molar refractivity (Wildman–Crippen MR) is 63.1 cm³/mol. The zero-order chi connectivity index (χ0) is 11.8. The molecular formula is C13H17NO2. The summed E-state index contributed by atoms with van der Waals surface area (Å²) in [5, 5.41) is 2.72. The number of hydrogen-bond donors (Lipinski definition) is 1. The number of benzene rings is 1. The van der Waals surface area contributed by atoms with Crippen LogP contribution in [0.2, 0.25) is 0 Å². The van der Waals surface area contributed by atoms with E-state index in [0.29, 0.717) is 6.54 Å². The van der Waals surface area contributed by atoms with Gasteiger partial charge in [0.05, 0.1) is 6.42 Å². The van der Waals surface area contributed by atoms with Gasteiger partial charge in [0.2, 0.25) is 5.91 Å².